The molecule has 0 spiro atoms. The molecule has 15 heavy (non-hydrogen) atoms. The van der Waals surface area contributed by atoms with E-state index in [0.29, 0.717) is 5.56 Å². The van der Waals surface area contributed by atoms with Crippen LogP contribution in [0.25, 0.3) is 6.08 Å². The van der Waals surface area contributed by atoms with E-state index in [9.17, 15) is 4.39 Å². The van der Waals surface area contributed by atoms with Crippen molar-refractivity contribution in [3.8, 4) is 0 Å². The van der Waals surface area contributed by atoms with Gasteiger partial charge in [-0.3, -0.25) is 0 Å². The number of rotatable bonds is 4. The Hall–Kier alpha value is -1.15. The largest absolute Gasteiger partial charge is 0.316 e. The average Bonchev–Trinajstić information content (AvgIpc) is 2.22. The van der Waals surface area contributed by atoms with Crippen LogP contribution in [0.2, 0.25) is 0 Å². The Morgan fingerprint density at radius 1 is 1.47 bits per heavy atom. The minimum atomic E-state index is -0.150. The number of hydrogen-bond acceptors (Lipinski definition) is 1. The van der Waals surface area contributed by atoms with Crippen LogP contribution in [0.5, 0.6) is 0 Å². The molecule has 0 aromatic heterocycles. The highest BCUT2D eigenvalue weighted by atomic mass is 19.1. The van der Waals surface area contributed by atoms with Gasteiger partial charge in [-0.15, -0.1) is 0 Å². The van der Waals surface area contributed by atoms with E-state index in [4.69, 9.17) is 0 Å². The van der Waals surface area contributed by atoms with Crippen molar-refractivity contribution in [1.29, 1.82) is 0 Å². The van der Waals surface area contributed by atoms with Crippen molar-refractivity contribution in [2.24, 2.45) is 0 Å². The second-order valence-electron chi connectivity index (χ2n) is 3.71. The Kier molecular flexibility index (Phi) is 4.50. The predicted molar refractivity (Wildman–Crippen MR) is 63.3 cm³/mol. The third kappa shape index (κ3) is 3.48. The van der Waals surface area contributed by atoms with E-state index in [-0.39, 0.29) is 5.82 Å². The highest BCUT2D eigenvalue weighted by Crippen LogP contribution is 2.15. The molecule has 0 aliphatic rings. The normalized spacial score (nSPS) is 11.9. The molecule has 82 valence electrons. The molecule has 1 aromatic rings. The van der Waals surface area contributed by atoms with Crippen molar-refractivity contribution in [1.82, 2.24) is 5.32 Å². The topological polar surface area (TPSA) is 12.0 Å². The highest BCUT2D eigenvalue weighted by Gasteiger charge is 2.00. The monoisotopic (exact) mass is 207 g/mol. The van der Waals surface area contributed by atoms with Gasteiger partial charge in [-0.05, 0) is 32.5 Å². The fraction of sp³-hybridized carbons (Fsp3) is 0.385. The van der Waals surface area contributed by atoms with Crippen LogP contribution in [0.1, 0.15) is 24.5 Å². The van der Waals surface area contributed by atoms with Gasteiger partial charge in [0.15, 0.2) is 0 Å². The van der Waals surface area contributed by atoms with Crippen LogP contribution in [0.15, 0.2) is 23.8 Å². The van der Waals surface area contributed by atoms with Crippen LogP contribution in [-0.2, 0) is 0 Å². The van der Waals surface area contributed by atoms with Crippen LogP contribution in [0.3, 0.4) is 0 Å². The summed E-state index contributed by atoms with van der Waals surface area (Å²) in [5.41, 5.74) is 2.98. The van der Waals surface area contributed by atoms with Gasteiger partial charge in [-0.1, -0.05) is 30.2 Å². The first-order valence-corrected chi connectivity index (χ1v) is 5.27. The maximum absolute atomic E-state index is 13.4. The van der Waals surface area contributed by atoms with Crippen molar-refractivity contribution in [2.75, 3.05) is 13.6 Å². The summed E-state index contributed by atoms with van der Waals surface area (Å²) in [6.07, 6.45) is 2.87. The van der Waals surface area contributed by atoms with Gasteiger partial charge in [0.2, 0.25) is 0 Å². The van der Waals surface area contributed by atoms with E-state index in [1.54, 1.807) is 6.07 Å². The quantitative estimate of drug-likeness (QED) is 0.799. The van der Waals surface area contributed by atoms with Gasteiger partial charge in [0.25, 0.3) is 0 Å². The van der Waals surface area contributed by atoms with Crippen LogP contribution < -0.4 is 5.32 Å². The number of aryl methyl sites for hydroxylation is 1. The maximum atomic E-state index is 13.4. The smallest absolute Gasteiger partial charge is 0.130 e. The third-order valence-corrected chi connectivity index (χ3v) is 2.37. The summed E-state index contributed by atoms with van der Waals surface area (Å²) in [6, 6.07) is 5.19. The van der Waals surface area contributed by atoms with Gasteiger partial charge in [0.05, 0.1) is 0 Å². The summed E-state index contributed by atoms with van der Waals surface area (Å²) < 4.78 is 13.4. The Bertz CT molecular complexity index is 356. The molecule has 0 aliphatic heterocycles. The summed E-state index contributed by atoms with van der Waals surface area (Å²) in [5.74, 6) is -0.150. The van der Waals surface area contributed by atoms with E-state index in [0.717, 1.165) is 18.5 Å². The molecular formula is C13H18FN. The van der Waals surface area contributed by atoms with Crippen molar-refractivity contribution < 1.29 is 4.39 Å². The minimum Gasteiger partial charge on any atom is -0.316 e. The lowest BCUT2D eigenvalue weighted by molar-refractivity contribution is 0.624. The van der Waals surface area contributed by atoms with Gasteiger partial charge in [-0.2, -0.15) is 0 Å². The summed E-state index contributed by atoms with van der Waals surface area (Å²) in [4.78, 5) is 0. The number of benzene rings is 1. The molecule has 0 amide bonds. The molecule has 0 radical (unpaired) electrons. The first-order valence-electron chi connectivity index (χ1n) is 5.27. The molecule has 0 unspecified atom stereocenters. The van der Waals surface area contributed by atoms with Crippen molar-refractivity contribution >= 4 is 6.08 Å². The fourth-order valence-corrected chi connectivity index (χ4v) is 1.50. The molecule has 0 saturated carbocycles. The zero-order chi connectivity index (χ0) is 11.3. The van der Waals surface area contributed by atoms with Crippen molar-refractivity contribution in [2.45, 2.75) is 20.3 Å². The Balaban J connectivity index is 2.99. The molecule has 1 aromatic carbocycles. The standard InChI is InChI=1S/C13H18FN/c1-4-11(9-15-3)8-12-7-10(2)5-6-13(12)14/h5-8,15H,4,9H2,1-3H3/b11-8-. The van der Waals surface area contributed by atoms with Crippen LogP contribution in [0, 0.1) is 12.7 Å². The van der Waals surface area contributed by atoms with Crippen LogP contribution >= 0.6 is 0 Å². The zero-order valence-electron chi connectivity index (χ0n) is 9.60. The van der Waals surface area contributed by atoms with E-state index in [1.807, 2.05) is 26.1 Å². The van der Waals surface area contributed by atoms with E-state index in [2.05, 4.69) is 12.2 Å². The molecule has 0 saturated heterocycles. The van der Waals surface area contributed by atoms with Crippen molar-refractivity contribution in [3.05, 3.63) is 40.7 Å². The molecular weight excluding hydrogens is 189 g/mol. The van der Waals surface area contributed by atoms with Crippen LogP contribution in [-0.4, -0.2) is 13.6 Å². The number of likely N-dealkylation sites (N-methyl/N-ethyl adjacent to an activating group) is 1. The van der Waals surface area contributed by atoms with Crippen molar-refractivity contribution in [3.63, 3.8) is 0 Å². The number of hydrogen-bond donors (Lipinski definition) is 1. The summed E-state index contributed by atoms with van der Waals surface area (Å²) in [7, 11) is 1.90. The predicted octanol–water partition coefficient (Wildman–Crippen LogP) is 3.15. The Morgan fingerprint density at radius 2 is 2.20 bits per heavy atom. The SMILES string of the molecule is CC/C(=C/c1cc(C)ccc1F)CNC. The summed E-state index contributed by atoms with van der Waals surface area (Å²) in [6.45, 7) is 4.86. The number of nitrogens with one attached hydrogen (secondary N) is 1. The van der Waals surface area contributed by atoms with Gasteiger partial charge in [-0.25, -0.2) is 4.39 Å². The third-order valence-electron chi connectivity index (χ3n) is 2.37. The molecule has 0 atom stereocenters. The average molecular weight is 207 g/mol. The van der Waals surface area contributed by atoms with Gasteiger partial charge >= 0.3 is 0 Å². The highest BCUT2D eigenvalue weighted by molar-refractivity contribution is 5.54. The number of halogens is 1. The van der Waals surface area contributed by atoms with E-state index < -0.39 is 0 Å². The lowest BCUT2D eigenvalue weighted by Crippen LogP contribution is -2.09. The lowest BCUT2D eigenvalue weighted by Gasteiger charge is -2.05. The lowest BCUT2D eigenvalue weighted by atomic mass is 10.1. The first-order chi connectivity index (χ1) is 7.17. The molecule has 1 nitrogen and oxygen atoms in total. The minimum absolute atomic E-state index is 0.150. The van der Waals surface area contributed by atoms with E-state index in [1.165, 1.54) is 11.6 Å². The second kappa shape index (κ2) is 5.66. The fourth-order valence-electron chi connectivity index (χ4n) is 1.50. The first kappa shape index (κ1) is 11.9. The zero-order valence-corrected chi connectivity index (χ0v) is 9.60. The maximum Gasteiger partial charge on any atom is 0.130 e. The van der Waals surface area contributed by atoms with Crippen LogP contribution in [0.4, 0.5) is 4.39 Å². The Labute approximate surface area is 91.0 Å². The Morgan fingerprint density at radius 3 is 2.80 bits per heavy atom. The molecule has 0 heterocycles. The van der Waals surface area contributed by atoms with Gasteiger partial charge in [0.1, 0.15) is 5.82 Å². The molecule has 0 bridgehead atoms. The van der Waals surface area contributed by atoms with Gasteiger partial charge in [0, 0.05) is 12.1 Å². The second-order valence-corrected chi connectivity index (χ2v) is 3.71. The molecule has 0 fully saturated rings. The summed E-state index contributed by atoms with van der Waals surface area (Å²) in [5, 5.41) is 3.08. The molecule has 2 heteroatoms. The van der Waals surface area contributed by atoms with E-state index >= 15 is 0 Å². The molecule has 1 N–H and O–H groups in total. The summed E-state index contributed by atoms with van der Waals surface area (Å²) >= 11 is 0. The van der Waals surface area contributed by atoms with Gasteiger partial charge < -0.3 is 5.32 Å². The molecule has 1 rings (SSSR count). The molecule has 0 aliphatic carbocycles.